The molecule has 5 nitrogen and oxygen atoms in total. The van der Waals surface area contributed by atoms with Crippen LogP contribution in [0.3, 0.4) is 0 Å². The van der Waals surface area contributed by atoms with Crippen LogP contribution in [-0.4, -0.2) is 30.1 Å². The molecule has 156 valence electrons. The molecule has 0 aliphatic carbocycles. The molecule has 0 saturated carbocycles. The van der Waals surface area contributed by atoms with Crippen molar-refractivity contribution in [1.29, 1.82) is 0 Å². The fourth-order valence-corrected chi connectivity index (χ4v) is 4.10. The minimum atomic E-state index is -0.144. The number of fused-ring (bicyclic) bond motifs is 1. The zero-order valence-electron chi connectivity index (χ0n) is 17.5. The first-order valence-corrected chi connectivity index (χ1v) is 10.8. The van der Waals surface area contributed by atoms with Gasteiger partial charge >= 0.3 is 0 Å². The molecule has 1 unspecified atom stereocenters. The first-order valence-electron chi connectivity index (χ1n) is 10.8. The van der Waals surface area contributed by atoms with Crippen molar-refractivity contribution in [3.05, 3.63) is 66.2 Å². The standard InChI is InChI=1S/C25H29N3O2/c1-2-21-12-6-7-16-28(21)23-15-14-20-11-8-13-22(25(20)27-23)30-18-24(29)26-17-19-9-4-3-5-10-19/h3-5,8-11,13-15,21H,2,6-7,12,16-18H2,1H3,(H,26,29). The van der Waals surface area contributed by atoms with Gasteiger partial charge in [-0.05, 0) is 49.4 Å². The number of nitrogens with one attached hydrogen (secondary N) is 1. The molecule has 1 atom stereocenters. The van der Waals surface area contributed by atoms with Gasteiger partial charge in [0.05, 0.1) is 0 Å². The van der Waals surface area contributed by atoms with Gasteiger partial charge in [-0.3, -0.25) is 4.79 Å². The molecule has 2 aromatic carbocycles. The van der Waals surface area contributed by atoms with E-state index in [0.717, 1.165) is 35.2 Å². The normalized spacial score (nSPS) is 16.4. The van der Waals surface area contributed by atoms with Crippen LogP contribution in [0, 0.1) is 0 Å². The minimum absolute atomic E-state index is 0.0286. The van der Waals surface area contributed by atoms with Gasteiger partial charge in [0.1, 0.15) is 17.1 Å². The van der Waals surface area contributed by atoms with Gasteiger partial charge in [0.2, 0.25) is 0 Å². The van der Waals surface area contributed by atoms with Crippen LogP contribution in [0.1, 0.15) is 38.2 Å². The van der Waals surface area contributed by atoms with Gasteiger partial charge in [-0.15, -0.1) is 0 Å². The number of amides is 1. The monoisotopic (exact) mass is 403 g/mol. The fourth-order valence-electron chi connectivity index (χ4n) is 4.10. The van der Waals surface area contributed by atoms with Gasteiger partial charge in [-0.2, -0.15) is 0 Å². The molecular formula is C25H29N3O2. The van der Waals surface area contributed by atoms with E-state index < -0.39 is 0 Å². The highest BCUT2D eigenvalue weighted by Gasteiger charge is 2.22. The van der Waals surface area contributed by atoms with E-state index in [1.165, 1.54) is 19.3 Å². The van der Waals surface area contributed by atoms with Crippen molar-refractivity contribution in [3.63, 3.8) is 0 Å². The quantitative estimate of drug-likeness (QED) is 0.621. The third kappa shape index (κ3) is 4.73. The van der Waals surface area contributed by atoms with E-state index in [1.54, 1.807) is 0 Å². The Morgan fingerprint density at radius 3 is 2.80 bits per heavy atom. The second kappa shape index (κ2) is 9.61. The predicted molar refractivity (Wildman–Crippen MR) is 121 cm³/mol. The van der Waals surface area contributed by atoms with Crippen LogP contribution >= 0.6 is 0 Å². The predicted octanol–water partition coefficient (Wildman–Crippen LogP) is 4.70. The number of hydrogen-bond acceptors (Lipinski definition) is 4. The number of carbonyl (C=O) groups is 1. The smallest absolute Gasteiger partial charge is 0.258 e. The summed E-state index contributed by atoms with van der Waals surface area (Å²) in [5, 5.41) is 3.92. The van der Waals surface area contributed by atoms with Gasteiger partial charge < -0.3 is 15.0 Å². The average Bonchev–Trinajstić information content (AvgIpc) is 2.81. The Morgan fingerprint density at radius 1 is 1.10 bits per heavy atom. The number of nitrogens with zero attached hydrogens (tertiary/aromatic N) is 2. The lowest BCUT2D eigenvalue weighted by molar-refractivity contribution is -0.123. The number of anilines is 1. The Morgan fingerprint density at radius 2 is 1.97 bits per heavy atom. The van der Waals surface area contributed by atoms with E-state index >= 15 is 0 Å². The van der Waals surface area contributed by atoms with E-state index in [-0.39, 0.29) is 12.5 Å². The maximum absolute atomic E-state index is 12.3. The first kappa shape index (κ1) is 20.2. The van der Waals surface area contributed by atoms with Crippen molar-refractivity contribution < 1.29 is 9.53 Å². The summed E-state index contributed by atoms with van der Waals surface area (Å²) >= 11 is 0. The van der Waals surface area contributed by atoms with E-state index in [4.69, 9.17) is 9.72 Å². The second-order valence-electron chi connectivity index (χ2n) is 7.80. The molecule has 1 aliphatic rings. The summed E-state index contributed by atoms with van der Waals surface area (Å²) < 4.78 is 5.87. The molecule has 1 saturated heterocycles. The van der Waals surface area contributed by atoms with E-state index in [2.05, 4.69) is 29.3 Å². The Labute approximate surface area is 178 Å². The Hall–Kier alpha value is -3.08. The van der Waals surface area contributed by atoms with Crippen LogP contribution in [0.4, 0.5) is 5.82 Å². The molecule has 3 aromatic rings. The number of benzene rings is 2. The molecule has 1 aliphatic heterocycles. The maximum atomic E-state index is 12.3. The molecule has 0 radical (unpaired) electrons. The Kier molecular flexibility index (Phi) is 6.47. The van der Waals surface area contributed by atoms with Crippen molar-refractivity contribution in [3.8, 4) is 5.75 Å². The zero-order chi connectivity index (χ0) is 20.8. The highest BCUT2D eigenvalue weighted by Crippen LogP contribution is 2.30. The lowest BCUT2D eigenvalue weighted by Gasteiger charge is -2.36. The number of aromatic nitrogens is 1. The lowest BCUT2D eigenvalue weighted by Crippen LogP contribution is -2.39. The average molecular weight is 404 g/mol. The molecule has 0 bridgehead atoms. The molecule has 1 amide bonds. The molecule has 30 heavy (non-hydrogen) atoms. The van der Waals surface area contributed by atoms with Gasteiger partial charge in [0, 0.05) is 24.5 Å². The molecule has 1 aromatic heterocycles. The minimum Gasteiger partial charge on any atom is -0.481 e. The Bertz CT molecular complexity index is 990. The van der Waals surface area contributed by atoms with Gasteiger partial charge in [0.25, 0.3) is 5.91 Å². The van der Waals surface area contributed by atoms with Crippen LogP contribution in [0.25, 0.3) is 10.9 Å². The lowest BCUT2D eigenvalue weighted by atomic mass is 10.00. The summed E-state index contributed by atoms with van der Waals surface area (Å²) in [6.45, 7) is 3.75. The molecule has 1 N–H and O–H groups in total. The van der Waals surface area contributed by atoms with Crippen molar-refractivity contribution in [1.82, 2.24) is 10.3 Å². The summed E-state index contributed by atoms with van der Waals surface area (Å²) in [7, 11) is 0. The number of ether oxygens (including phenoxy) is 1. The number of hydrogen-bond donors (Lipinski definition) is 1. The van der Waals surface area contributed by atoms with Crippen molar-refractivity contribution in [2.45, 2.75) is 45.2 Å². The third-order valence-corrected chi connectivity index (χ3v) is 5.75. The first-order chi connectivity index (χ1) is 14.7. The van der Waals surface area contributed by atoms with Gasteiger partial charge in [0.15, 0.2) is 6.61 Å². The third-order valence-electron chi connectivity index (χ3n) is 5.75. The molecule has 0 spiro atoms. The van der Waals surface area contributed by atoms with Gasteiger partial charge in [-0.25, -0.2) is 4.98 Å². The summed E-state index contributed by atoms with van der Waals surface area (Å²) in [5.41, 5.74) is 1.88. The molecule has 5 heteroatoms. The topological polar surface area (TPSA) is 54.5 Å². The SMILES string of the molecule is CCC1CCCCN1c1ccc2cccc(OCC(=O)NCc3ccccc3)c2n1. The van der Waals surface area contributed by atoms with Crippen molar-refractivity contribution in [2.24, 2.45) is 0 Å². The fraction of sp³-hybridized carbons (Fsp3) is 0.360. The zero-order valence-corrected chi connectivity index (χ0v) is 17.5. The van der Waals surface area contributed by atoms with Crippen molar-refractivity contribution >= 4 is 22.6 Å². The number of carbonyl (C=O) groups excluding carboxylic acids is 1. The second-order valence-corrected chi connectivity index (χ2v) is 7.80. The van der Waals surface area contributed by atoms with E-state index in [1.807, 2.05) is 48.5 Å². The van der Waals surface area contributed by atoms with E-state index in [9.17, 15) is 4.79 Å². The van der Waals surface area contributed by atoms with Crippen LogP contribution in [0.5, 0.6) is 5.75 Å². The van der Waals surface area contributed by atoms with Gasteiger partial charge in [-0.1, -0.05) is 49.4 Å². The molecule has 4 rings (SSSR count). The molecular weight excluding hydrogens is 374 g/mol. The van der Waals surface area contributed by atoms with Crippen LogP contribution in [0.2, 0.25) is 0 Å². The summed E-state index contributed by atoms with van der Waals surface area (Å²) in [4.78, 5) is 19.6. The Balaban J connectivity index is 1.46. The summed E-state index contributed by atoms with van der Waals surface area (Å²) in [6, 6.07) is 20.5. The van der Waals surface area contributed by atoms with Crippen LogP contribution in [-0.2, 0) is 11.3 Å². The number of para-hydroxylation sites is 1. The number of rotatable bonds is 7. The number of pyridine rings is 1. The van der Waals surface area contributed by atoms with Crippen molar-refractivity contribution in [2.75, 3.05) is 18.1 Å². The highest BCUT2D eigenvalue weighted by atomic mass is 16.5. The highest BCUT2D eigenvalue weighted by molar-refractivity contribution is 5.86. The summed E-state index contributed by atoms with van der Waals surface area (Å²) in [5.74, 6) is 1.50. The maximum Gasteiger partial charge on any atom is 0.258 e. The molecule has 1 fully saturated rings. The number of piperidine rings is 1. The largest absolute Gasteiger partial charge is 0.481 e. The van der Waals surface area contributed by atoms with Crippen LogP contribution < -0.4 is 15.0 Å². The van der Waals surface area contributed by atoms with Crippen LogP contribution in [0.15, 0.2) is 60.7 Å². The summed E-state index contributed by atoms with van der Waals surface area (Å²) in [6.07, 6.45) is 4.83. The van der Waals surface area contributed by atoms with E-state index in [0.29, 0.717) is 18.3 Å². The molecule has 2 heterocycles.